The molecule has 5 nitrogen and oxygen atoms in total. The van der Waals surface area contributed by atoms with Crippen molar-refractivity contribution in [2.24, 2.45) is 0 Å². The molecule has 6 heteroatoms. The lowest BCUT2D eigenvalue weighted by Gasteiger charge is -2.15. The first-order valence-corrected chi connectivity index (χ1v) is 9.60. The minimum atomic E-state index is -1.17. The molecule has 0 heterocycles. The van der Waals surface area contributed by atoms with Gasteiger partial charge in [-0.2, -0.15) is 0 Å². The van der Waals surface area contributed by atoms with Crippen LogP contribution in [0.3, 0.4) is 0 Å². The van der Waals surface area contributed by atoms with Crippen molar-refractivity contribution in [3.63, 3.8) is 0 Å². The summed E-state index contributed by atoms with van der Waals surface area (Å²) in [5, 5.41) is 13.6. The van der Waals surface area contributed by atoms with Gasteiger partial charge in [-0.15, -0.1) is 0 Å². The molecule has 0 unspecified atom stereocenters. The van der Waals surface area contributed by atoms with Crippen LogP contribution in [0.25, 0.3) is 0 Å². The number of nitrogens with two attached hydrogens (primary N) is 1. The zero-order valence-corrected chi connectivity index (χ0v) is 16.8. The maximum absolute atomic E-state index is 10.8. The average molecular weight is 412 g/mol. The molecule has 2 N–H and O–H groups in total. The molecule has 0 fully saturated rings. The Hall–Kier alpha value is -3.02. The number of hydrogen-bond acceptors (Lipinski definition) is 4. The number of hydrogen-bond donors (Lipinski definition) is 1. The van der Waals surface area contributed by atoms with Gasteiger partial charge in [-0.25, -0.2) is 0 Å². The van der Waals surface area contributed by atoms with E-state index in [4.69, 9.17) is 21.1 Å². The van der Waals surface area contributed by atoms with E-state index in [1.165, 1.54) is 0 Å². The van der Waals surface area contributed by atoms with Crippen molar-refractivity contribution in [3.8, 4) is 11.5 Å². The molecule has 3 rings (SSSR count). The van der Waals surface area contributed by atoms with Crippen LogP contribution < -0.4 is 19.9 Å². The predicted molar refractivity (Wildman–Crippen MR) is 109 cm³/mol. The molecule has 3 aromatic carbocycles. The van der Waals surface area contributed by atoms with Crippen LogP contribution in [0.4, 0.5) is 0 Å². The highest BCUT2D eigenvalue weighted by Crippen LogP contribution is 2.32. The van der Waals surface area contributed by atoms with Crippen LogP contribution >= 0.6 is 11.6 Å². The van der Waals surface area contributed by atoms with Gasteiger partial charge in [0.15, 0.2) is 11.5 Å². The average Bonchev–Trinajstić information content (AvgIpc) is 2.74. The molecule has 150 valence electrons. The van der Waals surface area contributed by atoms with Gasteiger partial charge in [0.2, 0.25) is 0 Å². The third kappa shape index (κ3) is 5.50. The maximum atomic E-state index is 10.8. The second kappa shape index (κ2) is 9.96. The Bertz CT molecular complexity index is 973. The fourth-order valence-electron chi connectivity index (χ4n) is 2.98. The topological polar surface area (TPSA) is 75.2 Å². The van der Waals surface area contributed by atoms with Crippen molar-refractivity contribution >= 4 is 17.6 Å². The molecule has 0 aliphatic carbocycles. The quantitative estimate of drug-likeness (QED) is 0.587. The van der Waals surface area contributed by atoms with Crippen molar-refractivity contribution in [1.29, 1.82) is 0 Å². The summed E-state index contributed by atoms with van der Waals surface area (Å²) in [6.45, 7) is 1.73. The zero-order valence-electron chi connectivity index (χ0n) is 16.1. The summed E-state index contributed by atoms with van der Waals surface area (Å²) in [7, 11) is 1.62. The molecule has 0 aromatic heterocycles. The van der Waals surface area contributed by atoms with Crippen molar-refractivity contribution in [2.45, 2.75) is 19.7 Å². The highest BCUT2D eigenvalue weighted by atomic mass is 35.5. The molecular formula is C23H22ClNO4. The van der Waals surface area contributed by atoms with Crippen molar-refractivity contribution < 1.29 is 24.7 Å². The number of benzene rings is 3. The number of carbonyl (C=O) groups is 1. The predicted octanol–water partition coefficient (Wildman–Crippen LogP) is 2.55. The highest BCUT2D eigenvalue weighted by molar-refractivity contribution is 6.31. The van der Waals surface area contributed by atoms with E-state index in [0.717, 1.165) is 16.7 Å². The Morgan fingerprint density at radius 2 is 1.69 bits per heavy atom. The first-order chi connectivity index (χ1) is 14.1. The number of halogens is 1. The maximum Gasteiger partial charge on any atom is 0.170 e. The van der Waals surface area contributed by atoms with Gasteiger partial charge in [0.05, 0.1) is 18.6 Å². The number of carboxylic acids is 1. The number of carboxylic acid groups (broad SMARTS) is 1. The summed E-state index contributed by atoms with van der Waals surface area (Å²) in [5.41, 5.74) is 3.11. The second-order valence-corrected chi connectivity index (χ2v) is 6.92. The molecule has 3 aromatic rings. The number of aromatic carboxylic acids is 1. The molecule has 0 aliphatic rings. The SMILES string of the molecule is COc1cccc(C[NH2+]Cc2ccc(C(=O)[O-])cc2)c1OCc1ccccc1Cl. The van der Waals surface area contributed by atoms with Gasteiger partial charge in [-0.05, 0) is 23.8 Å². The number of ether oxygens (including phenoxy) is 2. The number of rotatable bonds is 9. The molecule has 0 saturated carbocycles. The molecule has 0 spiro atoms. The fraction of sp³-hybridized carbons (Fsp3) is 0.174. The normalized spacial score (nSPS) is 10.6. The van der Waals surface area contributed by atoms with Crippen LogP contribution in [0.2, 0.25) is 5.02 Å². The summed E-state index contributed by atoms with van der Waals surface area (Å²) < 4.78 is 11.5. The molecular weight excluding hydrogens is 390 g/mol. The first-order valence-electron chi connectivity index (χ1n) is 9.22. The molecule has 0 bridgehead atoms. The van der Waals surface area contributed by atoms with E-state index in [0.29, 0.717) is 36.2 Å². The standard InChI is InChI=1S/C23H22ClNO4/c1-28-21-8-4-6-18(22(21)29-15-19-5-2-3-7-20(19)24)14-25-13-16-9-11-17(12-10-16)23(26)27/h2-12,25H,13-15H2,1H3,(H,26,27). The van der Waals surface area contributed by atoms with Gasteiger partial charge in [0.1, 0.15) is 19.7 Å². The van der Waals surface area contributed by atoms with Crippen molar-refractivity contribution in [2.75, 3.05) is 7.11 Å². The molecule has 0 atom stereocenters. The Morgan fingerprint density at radius 1 is 0.966 bits per heavy atom. The van der Waals surface area contributed by atoms with Gasteiger partial charge < -0.3 is 24.7 Å². The minimum Gasteiger partial charge on any atom is -0.545 e. The van der Waals surface area contributed by atoms with Crippen molar-refractivity contribution in [1.82, 2.24) is 0 Å². The fourth-order valence-corrected chi connectivity index (χ4v) is 3.17. The second-order valence-electron chi connectivity index (χ2n) is 6.51. The van der Waals surface area contributed by atoms with Crippen LogP contribution in [-0.4, -0.2) is 13.1 Å². The van der Waals surface area contributed by atoms with E-state index in [1.54, 1.807) is 31.4 Å². The Labute approximate surface area is 174 Å². The molecule has 29 heavy (non-hydrogen) atoms. The van der Waals surface area contributed by atoms with E-state index < -0.39 is 5.97 Å². The van der Waals surface area contributed by atoms with E-state index in [9.17, 15) is 9.90 Å². The lowest BCUT2D eigenvalue weighted by atomic mass is 10.1. The summed E-state index contributed by atoms with van der Waals surface area (Å²) in [6, 6.07) is 20.1. The largest absolute Gasteiger partial charge is 0.545 e. The molecule has 0 radical (unpaired) electrons. The van der Waals surface area contributed by atoms with E-state index in [1.807, 2.05) is 42.5 Å². The molecule has 0 aliphatic heterocycles. The van der Waals surface area contributed by atoms with Crippen LogP contribution in [0.15, 0.2) is 66.7 Å². The van der Waals surface area contributed by atoms with E-state index in [-0.39, 0.29) is 5.56 Å². The minimum absolute atomic E-state index is 0.178. The Kier molecular flexibility index (Phi) is 7.11. The van der Waals surface area contributed by atoms with Gasteiger partial charge in [0.25, 0.3) is 0 Å². The van der Waals surface area contributed by atoms with Gasteiger partial charge in [-0.3, -0.25) is 0 Å². The molecule has 0 saturated heterocycles. The van der Waals surface area contributed by atoms with E-state index in [2.05, 4.69) is 5.32 Å². The Balaban J connectivity index is 1.67. The van der Waals surface area contributed by atoms with E-state index >= 15 is 0 Å². The third-order valence-electron chi connectivity index (χ3n) is 4.54. The summed E-state index contributed by atoms with van der Waals surface area (Å²) >= 11 is 6.23. The number of quaternary nitrogens is 1. The zero-order chi connectivity index (χ0) is 20.6. The molecule has 0 amide bonds. The van der Waals surface area contributed by atoms with Crippen molar-refractivity contribution in [3.05, 3.63) is 94.0 Å². The van der Waals surface area contributed by atoms with Crippen LogP contribution in [0.1, 0.15) is 27.0 Å². The smallest absolute Gasteiger partial charge is 0.170 e. The summed E-state index contributed by atoms with van der Waals surface area (Å²) in [5.74, 6) is 0.192. The Morgan fingerprint density at radius 3 is 2.38 bits per heavy atom. The lowest BCUT2D eigenvalue weighted by Crippen LogP contribution is -2.80. The highest BCUT2D eigenvalue weighted by Gasteiger charge is 2.13. The third-order valence-corrected chi connectivity index (χ3v) is 4.91. The summed E-state index contributed by atoms with van der Waals surface area (Å²) in [6.07, 6.45) is 0. The number of carbonyl (C=O) groups excluding carboxylic acids is 1. The monoisotopic (exact) mass is 411 g/mol. The van der Waals surface area contributed by atoms with Crippen LogP contribution in [0.5, 0.6) is 11.5 Å². The number of para-hydroxylation sites is 1. The van der Waals surface area contributed by atoms with Crippen LogP contribution in [0, 0.1) is 0 Å². The van der Waals surface area contributed by atoms with Gasteiger partial charge in [0, 0.05) is 16.1 Å². The van der Waals surface area contributed by atoms with Gasteiger partial charge >= 0.3 is 0 Å². The lowest BCUT2D eigenvalue weighted by molar-refractivity contribution is -0.686. The van der Waals surface area contributed by atoms with Crippen LogP contribution in [-0.2, 0) is 19.7 Å². The van der Waals surface area contributed by atoms with Gasteiger partial charge in [-0.1, -0.05) is 60.1 Å². The number of methoxy groups -OCH3 is 1. The first kappa shape index (κ1) is 20.7. The summed E-state index contributed by atoms with van der Waals surface area (Å²) in [4.78, 5) is 10.8.